The summed E-state index contributed by atoms with van der Waals surface area (Å²) in [5.74, 6) is -0.326. The fraction of sp³-hybridized carbons (Fsp3) is 0.231. The van der Waals surface area contributed by atoms with Crippen LogP contribution in [0.1, 0.15) is 46.0 Å². The number of para-hydroxylation sites is 1. The molecule has 0 fully saturated rings. The molecule has 0 bridgehead atoms. The number of benzene rings is 3. The number of hydrogen-bond acceptors (Lipinski definition) is 5. The van der Waals surface area contributed by atoms with E-state index in [0.717, 1.165) is 18.4 Å². The molecule has 0 saturated heterocycles. The van der Waals surface area contributed by atoms with Gasteiger partial charge in [0.25, 0.3) is 0 Å². The minimum Gasteiger partial charge on any atom is -0.494 e. The van der Waals surface area contributed by atoms with Crippen LogP contribution in [0.3, 0.4) is 0 Å². The molecule has 0 atom stereocenters. The molecule has 5 nitrogen and oxygen atoms in total. The Bertz CT molecular complexity index is 997. The highest BCUT2D eigenvalue weighted by Gasteiger charge is 2.17. The summed E-state index contributed by atoms with van der Waals surface area (Å²) in [7, 11) is 0. The molecule has 3 aromatic rings. The number of rotatable bonds is 10. The lowest BCUT2D eigenvalue weighted by Gasteiger charge is -2.11. The molecule has 0 aliphatic heterocycles. The summed E-state index contributed by atoms with van der Waals surface area (Å²) in [6, 6.07) is 23.2. The first-order chi connectivity index (χ1) is 15.2. The second-order valence-electron chi connectivity index (χ2n) is 6.99. The van der Waals surface area contributed by atoms with Crippen molar-refractivity contribution in [2.45, 2.75) is 26.2 Å². The molecule has 0 saturated carbocycles. The van der Waals surface area contributed by atoms with Gasteiger partial charge in [-0.05, 0) is 42.3 Å². The second-order valence-corrected chi connectivity index (χ2v) is 6.99. The van der Waals surface area contributed by atoms with Gasteiger partial charge >= 0.3 is 11.9 Å². The smallest absolute Gasteiger partial charge is 0.343 e. The maximum atomic E-state index is 12.6. The molecule has 31 heavy (non-hydrogen) atoms. The Balaban J connectivity index is 1.62. The van der Waals surface area contributed by atoms with E-state index in [9.17, 15) is 9.59 Å². The maximum absolute atomic E-state index is 12.6. The van der Waals surface area contributed by atoms with Crippen LogP contribution in [0, 0.1) is 0 Å². The van der Waals surface area contributed by atoms with Gasteiger partial charge < -0.3 is 14.2 Å². The normalized spacial score (nSPS) is 10.4. The third kappa shape index (κ3) is 6.71. The van der Waals surface area contributed by atoms with Gasteiger partial charge in [-0.25, -0.2) is 9.59 Å². The Hall–Kier alpha value is -3.60. The van der Waals surface area contributed by atoms with Crippen molar-refractivity contribution in [2.24, 2.45) is 0 Å². The van der Waals surface area contributed by atoms with Crippen molar-refractivity contribution in [3.8, 4) is 11.5 Å². The topological polar surface area (TPSA) is 61.8 Å². The highest BCUT2D eigenvalue weighted by atomic mass is 16.5. The van der Waals surface area contributed by atoms with E-state index in [-0.39, 0.29) is 17.9 Å². The standard InChI is InChI=1S/C26H26O5/c1-2-3-17-29-22-13-9-12-21(19-22)25(27)31-24-15-8-7-14-23(24)26(28)30-18-16-20-10-5-4-6-11-20/h4-15,19H,2-3,16-18H2,1H3. The van der Waals surface area contributed by atoms with Crippen LogP contribution in [0.15, 0.2) is 78.9 Å². The second kappa shape index (κ2) is 11.6. The minimum absolute atomic E-state index is 0.162. The SMILES string of the molecule is CCCCOc1cccc(C(=O)Oc2ccccc2C(=O)OCCc2ccccc2)c1. The van der Waals surface area contributed by atoms with Crippen molar-refractivity contribution >= 4 is 11.9 Å². The molecule has 0 aliphatic rings. The lowest BCUT2D eigenvalue weighted by molar-refractivity contribution is 0.0503. The molecule has 0 heterocycles. The largest absolute Gasteiger partial charge is 0.494 e. The predicted molar refractivity (Wildman–Crippen MR) is 119 cm³/mol. The number of esters is 2. The van der Waals surface area contributed by atoms with Crippen molar-refractivity contribution in [3.05, 3.63) is 95.6 Å². The summed E-state index contributed by atoms with van der Waals surface area (Å²) in [5.41, 5.74) is 1.64. The number of carbonyl (C=O) groups excluding carboxylic acids is 2. The van der Waals surface area contributed by atoms with Crippen LogP contribution in [-0.4, -0.2) is 25.2 Å². The summed E-state index contributed by atoms with van der Waals surface area (Å²) >= 11 is 0. The number of unbranched alkanes of at least 4 members (excludes halogenated alkanes) is 1. The van der Waals surface area contributed by atoms with Crippen molar-refractivity contribution in [2.75, 3.05) is 13.2 Å². The Morgan fingerprint density at radius 2 is 1.58 bits per heavy atom. The van der Waals surface area contributed by atoms with Crippen LogP contribution in [0.4, 0.5) is 0 Å². The van der Waals surface area contributed by atoms with Crippen molar-refractivity contribution < 1.29 is 23.8 Å². The third-order valence-electron chi connectivity index (χ3n) is 4.61. The fourth-order valence-corrected chi connectivity index (χ4v) is 2.91. The van der Waals surface area contributed by atoms with E-state index in [1.54, 1.807) is 48.5 Å². The monoisotopic (exact) mass is 418 g/mol. The van der Waals surface area contributed by atoms with Gasteiger partial charge in [0.2, 0.25) is 0 Å². The summed E-state index contributed by atoms with van der Waals surface area (Å²) in [6.45, 7) is 2.91. The number of ether oxygens (including phenoxy) is 3. The fourth-order valence-electron chi connectivity index (χ4n) is 2.91. The summed E-state index contributed by atoms with van der Waals surface area (Å²) < 4.78 is 16.5. The molecule has 0 spiro atoms. The van der Waals surface area contributed by atoms with E-state index in [1.165, 1.54) is 0 Å². The zero-order chi connectivity index (χ0) is 21.9. The molecular formula is C26H26O5. The van der Waals surface area contributed by atoms with Gasteiger partial charge in [0.05, 0.1) is 18.8 Å². The lowest BCUT2D eigenvalue weighted by Crippen LogP contribution is -2.14. The molecule has 3 rings (SSSR count). The van der Waals surface area contributed by atoms with E-state index < -0.39 is 11.9 Å². The average Bonchev–Trinajstić information content (AvgIpc) is 2.80. The highest BCUT2D eigenvalue weighted by Crippen LogP contribution is 2.22. The van der Waals surface area contributed by atoms with Crippen LogP contribution in [0.2, 0.25) is 0 Å². The van der Waals surface area contributed by atoms with E-state index in [2.05, 4.69) is 6.92 Å². The quantitative estimate of drug-likeness (QED) is 0.248. The predicted octanol–water partition coefficient (Wildman–Crippen LogP) is 5.48. The number of carbonyl (C=O) groups is 2. The third-order valence-corrected chi connectivity index (χ3v) is 4.61. The zero-order valence-electron chi connectivity index (χ0n) is 17.6. The van der Waals surface area contributed by atoms with Crippen molar-refractivity contribution in [1.82, 2.24) is 0 Å². The van der Waals surface area contributed by atoms with E-state index in [1.807, 2.05) is 30.3 Å². The van der Waals surface area contributed by atoms with Crippen LogP contribution < -0.4 is 9.47 Å². The Morgan fingerprint density at radius 1 is 0.806 bits per heavy atom. The molecule has 3 aromatic carbocycles. The molecule has 0 aromatic heterocycles. The molecule has 5 heteroatoms. The molecule has 0 unspecified atom stereocenters. The molecule has 0 aliphatic carbocycles. The van der Waals surface area contributed by atoms with Gasteiger partial charge in [-0.15, -0.1) is 0 Å². The molecule has 160 valence electrons. The van der Waals surface area contributed by atoms with E-state index >= 15 is 0 Å². The summed E-state index contributed by atoms with van der Waals surface area (Å²) in [4.78, 5) is 25.2. The van der Waals surface area contributed by atoms with Gasteiger partial charge in [-0.1, -0.05) is 61.9 Å². The maximum Gasteiger partial charge on any atom is 0.343 e. The lowest BCUT2D eigenvalue weighted by atomic mass is 10.1. The van der Waals surface area contributed by atoms with E-state index in [4.69, 9.17) is 14.2 Å². The van der Waals surface area contributed by atoms with Gasteiger partial charge in [-0.2, -0.15) is 0 Å². The van der Waals surface area contributed by atoms with Gasteiger partial charge in [0, 0.05) is 6.42 Å². The van der Waals surface area contributed by atoms with Gasteiger partial charge in [0.1, 0.15) is 17.1 Å². The number of hydrogen-bond donors (Lipinski definition) is 0. The van der Waals surface area contributed by atoms with Crippen molar-refractivity contribution in [1.29, 1.82) is 0 Å². The first-order valence-corrected chi connectivity index (χ1v) is 10.4. The van der Waals surface area contributed by atoms with E-state index in [0.29, 0.717) is 24.3 Å². The van der Waals surface area contributed by atoms with Crippen LogP contribution >= 0.6 is 0 Å². The van der Waals surface area contributed by atoms with Crippen molar-refractivity contribution in [3.63, 3.8) is 0 Å². The zero-order valence-corrected chi connectivity index (χ0v) is 17.6. The summed E-state index contributed by atoms with van der Waals surface area (Å²) in [6.07, 6.45) is 2.58. The average molecular weight is 418 g/mol. The molecule has 0 amide bonds. The summed E-state index contributed by atoms with van der Waals surface area (Å²) in [5, 5.41) is 0. The van der Waals surface area contributed by atoms with Crippen LogP contribution in [-0.2, 0) is 11.2 Å². The van der Waals surface area contributed by atoms with Gasteiger partial charge in [0.15, 0.2) is 0 Å². The van der Waals surface area contributed by atoms with Crippen LogP contribution in [0.5, 0.6) is 11.5 Å². The minimum atomic E-state index is -0.564. The first-order valence-electron chi connectivity index (χ1n) is 10.4. The molecule has 0 N–H and O–H groups in total. The molecule has 0 radical (unpaired) electrons. The Labute approximate surface area is 182 Å². The van der Waals surface area contributed by atoms with Gasteiger partial charge in [-0.3, -0.25) is 0 Å². The van der Waals surface area contributed by atoms with Crippen LogP contribution in [0.25, 0.3) is 0 Å². The molecular weight excluding hydrogens is 392 g/mol. The first kappa shape index (κ1) is 22.1. The Kier molecular flexibility index (Phi) is 8.23. The Morgan fingerprint density at radius 3 is 2.39 bits per heavy atom. The highest BCUT2D eigenvalue weighted by molar-refractivity contribution is 5.96.